The normalized spacial score (nSPS) is 11.6. The highest BCUT2D eigenvalue weighted by molar-refractivity contribution is 5.73. The molecule has 0 fully saturated rings. The van der Waals surface area contributed by atoms with Gasteiger partial charge in [0.25, 0.3) is 0 Å². The summed E-state index contributed by atoms with van der Waals surface area (Å²) in [6, 6.07) is 0. The molecule has 0 aliphatic carbocycles. The van der Waals surface area contributed by atoms with E-state index in [4.69, 9.17) is 5.11 Å². The molecule has 0 saturated heterocycles. The van der Waals surface area contributed by atoms with Crippen LogP contribution >= 0.6 is 0 Å². The van der Waals surface area contributed by atoms with Crippen LogP contribution in [-0.4, -0.2) is 42.4 Å². The molecule has 3 heteroatoms. The van der Waals surface area contributed by atoms with Crippen molar-refractivity contribution in [3.05, 3.63) is 0 Å². The van der Waals surface area contributed by atoms with Crippen molar-refractivity contribution in [3.8, 4) is 0 Å². The van der Waals surface area contributed by atoms with Gasteiger partial charge in [0.15, 0.2) is 6.54 Å². The van der Waals surface area contributed by atoms with Crippen LogP contribution in [0.15, 0.2) is 0 Å². The summed E-state index contributed by atoms with van der Waals surface area (Å²) in [5.74, 6) is 0. The molecule has 3 nitrogen and oxygen atoms in total. The van der Waals surface area contributed by atoms with Crippen LogP contribution in [0.2, 0.25) is 0 Å². The Morgan fingerprint density at radius 3 is 2.78 bits per heavy atom. The van der Waals surface area contributed by atoms with Gasteiger partial charge in [-0.1, -0.05) is 0 Å². The van der Waals surface area contributed by atoms with Gasteiger partial charge in [-0.25, -0.2) is 4.58 Å². The van der Waals surface area contributed by atoms with Gasteiger partial charge in [0.1, 0.15) is 26.2 Å². The second-order valence-corrected chi connectivity index (χ2v) is 1.79. The van der Waals surface area contributed by atoms with Crippen LogP contribution in [-0.2, 0) is 4.79 Å². The zero-order valence-corrected chi connectivity index (χ0v) is 5.58. The molecule has 0 aliphatic rings. The van der Waals surface area contributed by atoms with Gasteiger partial charge in [0.05, 0.1) is 6.42 Å². The second-order valence-electron chi connectivity index (χ2n) is 1.79. The third kappa shape index (κ3) is 5.17. The van der Waals surface area contributed by atoms with Gasteiger partial charge in [-0.15, -0.1) is 0 Å². The Labute approximate surface area is 54.6 Å². The molecule has 1 N–H and O–H groups in total. The molecule has 0 bridgehead atoms. The molecule has 0 unspecified atom stereocenters. The number of nitrogens with zero attached hydrogens (tertiary/aromatic N) is 1. The van der Waals surface area contributed by atoms with Gasteiger partial charge in [0, 0.05) is 0 Å². The van der Waals surface area contributed by atoms with E-state index in [1.54, 1.807) is 10.8 Å². The van der Waals surface area contributed by atoms with E-state index in [1.165, 1.54) is 0 Å². The van der Waals surface area contributed by atoms with Crippen LogP contribution in [0.25, 0.3) is 0 Å². The summed E-state index contributed by atoms with van der Waals surface area (Å²) in [4.78, 5) is 9.79. The van der Waals surface area contributed by atoms with E-state index < -0.39 is 0 Å². The Kier molecular flexibility index (Phi) is 5.01. The first-order chi connectivity index (χ1) is 4.31. The summed E-state index contributed by atoms with van der Waals surface area (Å²) in [5.41, 5.74) is 0. The maximum absolute atomic E-state index is 9.79. The van der Waals surface area contributed by atoms with E-state index in [2.05, 4.69) is 0 Å². The van der Waals surface area contributed by atoms with Crippen molar-refractivity contribution in [2.24, 2.45) is 0 Å². The van der Waals surface area contributed by atoms with Gasteiger partial charge in [0.2, 0.25) is 0 Å². The average Bonchev–Trinajstić information content (AvgIpc) is 1.85. The monoisotopic (exact) mass is 130 g/mol. The van der Waals surface area contributed by atoms with Crippen LogP contribution in [0, 0.1) is 0 Å². The summed E-state index contributed by atoms with van der Waals surface area (Å²) in [6.45, 7) is 0.722. The maximum atomic E-state index is 9.79. The first kappa shape index (κ1) is 8.30. The van der Waals surface area contributed by atoms with Crippen LogP contribution in [0.3, 0.4) is 0 Å². The minimum atomic E-state index is 0.131. The lowest BCUT2D eigenvalue weighted by Crippen LogP contribution is -2.12. The van der Waals surface area contributed by atoms with Crippen molar-refractivity contribution in [2.75, 3.05) is 20.2 Å². The highest BCUT2D eigenvalue weighted by atomic mass is 16.3. The summed E-state index contributed by atoms with van der Waals surface area (Å²) in [5, 5.41) is 8.39. The topological polar surface area (TPSA) is 40.3 Å². The lowest BCUT2D eigenvalue weighted by Gasteiger charge is -1.89. The van der Waals surface area contributed by atoms with E-state index in [0.29, 0.717) is 13.0 Å². The molecule has 0 aromatic rings. The number of hydrogen-bond acceptors (Lipinski definition) is 2. The first-order valence-corrected chi connectivity index (χ1v) is 2.89. The Bertz CT molecular complexity index is 110. The molecule has 52 valence electrons. The molecule has 0 radical (unpaired) electrons. The number of hydrogen-bond donors (Lipinski definition) is 1. The Morgan fingerprint density at radius 2 is 2.33 bits per heavy atom. The van der Waals surface area contributed by atoms with E-state index in [-0.39, 0.29) is 6.61 Å². The fourth-order valence-corrected chi connectivity index (χ4v) is 0.472. The lowest BCUT2D eigenvalue weighted by atomic mass is 10.5. The van der Waals surface area contributed by atoms with Gasteiger partial charge in [-0.05, 0) is 0 Å². The van der Waals surface area contributed by atoms with Crippen LogP contribution < -0.4 is 0 Å². The summed E-state index contributed by atoms with van der Waals surface area (Å²) >= 11 is 0. The number of aliphatic hydroxyl groups excluding tert-OH is 1. The standard InChI is InChI=1S/C6H12NO2/c1-7(4-6-9)3-2-5-8/h3,5,9H,2,4,6H2,1H3/q+1. The summed E-state index contributed by atoms with van der Waals surface area (Å²) in [7, 11) is 1.82. The van der Waals surface area contributed by atoms with Crippen molar-refractivity contribution in [2.45, 2.75) is 6.42 Å². The minimum absolute atomic E-state index is 0.131. The van der Waals surface area contributed by atoms with Crippen LogP contribution in [0.1, 0.15) is 6.42 Å². The number of carbonyl (C=O) groups is 1. The predicted octanol–water partition coefficient (Wildman–Crippen LogP) is -0.719. The molecular weight excluding hydrogens is 118 g/mol. The number of likely N-dealkylation sites (N-methyl/N-ethyl adjacent to an activating group) is 1. The molecule has 0 saturated carbocycles. The summed E-state index contributed by atoms with van der Waals surface area (Å²) in [6.07, 6.45) is 2.99. The quantitative estimate of drug-likeness (QED) is 0.310. The Balaban J connectivity index is 3.42. The molecule has 0 spiro atoms. The fourth-order valence-electron chi connectivity index (χ4n) is 0.472. The SMILES string of the molecule is C[N+](=CCC=O)CCO. The molecule has 0 rings (SSSR count). The molecule has 0 heterocycles. The van der Waals surface area contributed by atoms with Gasteiger partial charge in [-0.3, -0.25) is 0 Å². The average molecular weight is 130 g/mol. The molecule has 0 atom stereocenters. The molecule has 0 aromatic heterocycles. The third-order valence-corrected chi connectivity index (χ3v) is 0.966. The molecule has 0 aromatic carbocycles. The Hall–Kier alpha value is -0.700. The van der Waals surface area contributed by atoms with E-state index in [9.17, 15) is 4.79 Å². The van der Waals surface area contributed by atoms with Crippen LogP contribution in [0.5, 0.6) is 0 Å². The Morgan fingerprint density at radius 1 is 1.67 bits per heavy atom. The van der Waals surface area contributed by atoms with E-state index in [0.717, 1.165) is 6.29 Å². The second kappa shape index (κ2) is 5.44. The predicted molar refractivity (Wildman–Crippen MR) is 34.9 cm³/mol. The van der Waals surface area contributed by atoms with Crippen molar-refractivity contribution in [1.29, 1.82) is 0 Å². The molecule has 0 aliphatic heterocycles. The minimum Gasteiger partial charge on any atom is -0.390 e. The summed E-state index contributed by atoms with van der Waals surface area (Å²) < 4.78 is 1.79. The van der Waals surface area contributed by atoms with Gasteiger partial charge >= 0.3 is 0 Å². The number of aliphatic hydroxyl groups is 1. The fraction of sp³-hybridized carbons (Fsp3) is 0.667. The van der Waals surface area contributed by atoms with Crippen molar-refractivity contribution < 1.29 is 14.5 Å². The van der Waals surface area contributed by atoms with E-state index in [1.807, 2.05) is 7.05 Å². The van der Waals surface area contributed by atoms with E-state index >= 15 is 0 Å². The van der Waals surface area contributed by atoms with Crippen LogP contribution in [0.4, 0.5) is 0 Å². The highest BCUT2D eigenvalue weighted by Gasteiger charge is 1.90. The zero-order valence-electron chi connectivity index (χ0n) is 5.58. The van der Waals surface area contributed by atoms with Gasteiger partial charge in [-0.2, -0.15) is 0 Å². The smallest absolute Gasteiger partial charge is 0.165 e. The zero-order chi connectivity index (χ0) is 7.11. The number of rotatable bonds is 4. The van der Waals surface area contributed by atoms with Gasteiger partial charge < -0.3 is 9.90 Å². The van der Waals surface area contributed by atoms with Crippen molar-refractivity contribution in [3.63, 3.8) is 0 Å². The van der Waals surface area contributed by atoms with Crippen molar-refractivity contribution in [1.82, 2.24) is 0 Å². The number of carbonyl (C=O) groups excluding carboxylic acids is 1. The maximum Gasteiger partial charge on any atom is 0.165 e. The number of aldehydes is 1. The highest BCUT2D eigenvalue weighted by Crippen LogP contribution is 1.67. The lowest BCUT2D eigenvalue weighted by molar-refractivity contribution is -0.495. The van der Waals surface area contributed by atoms with Crippen molar-refractivity contribution >= 4 is 12.5 Å². The molecular formula is C6H12NO2+. The largest absolute Gasteiger partial charge is 0.390 e. The molecule has 9 heavy (non-hydrogen) atoms. The molecule has 0 amide bonds. The third-order valence-electron chi connectivity index (χ3n) is 0.966. The first-order valence-electron chi connectivity index (χ1n) is 2.89.